The number of hydrogen-bond donors (Lipinski definition) is 1. The van der Waals surface area contributed by atoms with Crippen molar-refractivity contribution in [2.24, 2.45) is 0 Å². The van der Waals surface area contributed by atoms with Gasteiger partial charge in [0.2, 0.25) is 11.7 Å². The zero-order chi connectivity index (χ0) is 15.4. The summed E-state index contributed by atoms with van der Waals surface area (Å²) < 4.78 is 5.69. The molecule has 2 aromatic rings. The number of fused-ring (bicyclic) bond motifs is 1. The van der Waals surface area contributed by atoms with Crippen molar-refractivity contribution in [1.82, 2.24) is 4.90 Å². The Hall–Kier alpha value is -2.30. The predicted octanol–water partition coefficient (Wildman–Crippen LogP) is 3.26. The molecule has 0 fully saturated rings. The number of furan rings is 1. The molecule has 0 saturated heterocycles. The molecule has 112 valence electrons. The minimum atomic E-state index is -0.206. The van der Waals surface area contributed by atoms with Gasteiger partial charge in [0.15, 0.2) is 0 Å². The lowest BCUT2D eigenvalue weighted by Gasteiger charge is -2.17. The average Bonchev–Trinajstić information content (AvgIpc) is 2.87. The summed E-state index contributed by atoms with van der Waals surface area (Å²) in [7, 11) is 0. The number of hydrogen-bond acceptors (Lipinski definition) is 3. The highest BCUT2D eigenvalue weighted by Gasteiger charge is 2.24. The van der Waals surface area contributed by atoms with E-state index in [1.165, 1.54) is 0 Å². The van der Waals surface area contributed by atoms with Crippen molar-refractivity contribution < 1.29 is 14.0 Å². The molecular formula is C16H20N2O3. The third kappa shape index (κ3) is 2.91. The highest BCUT2D eigenvalue weighted by atomic mass is 16.3. The summed E-state index contributed by atoms with van der Waals surface area (Å²) in [4.78, 5) is 25.9. The van der Waals surface area contributed by atoms with Gasteiger partial charge in [-0.3, -0.25) is 9.59 Å². The minimum Gasteiger partial charge on any atom is -0.449 e. The summed E-state index contributed by atoms with van der Waals surface area (Å²) in [5.41, 5.74) is 1.06. The zero-order valence-corrected chi connectivity index (χ0v) is 12.6. The van der Waals surface area contributed by atoms with Crippen molar-refractivity contribution in [2.45, 2.75) is 27.2 Å². The van der Waals surface area contributed by atoms with E-state index in [0.717, 1.165) is 5.39 Å². The van der Waals surface area contributed by atoms with Crippen molar-refractivity contribution in [3.05, 3.63) is 30.0 Å². The molecule has 0 radical (unpaired) electrons. The van der Waals surface area contributed by atoms with Gasteiger partial charge in [0, 0.05) is 24.9 Å². The molecule has 1 aromatic heterocycles. The maximum Gasteiger partial charge on any atom is 0.291 e. The van der Waals surface area contributed by atoms with Gasteiger partial charge in [-0.1, -0.05) is 19.1 Å². The number of nitrogens with zero attached hydrogens (tertiary/aromatic N) is 1. The van der Waals surface area contributed by atoms with Crippen molar-refractivity contribution in [1.29, 1.82) is 0 Å². The Morgan fingerprint density at radius 2 is 1.81 bits per heavy atom. The van der Waals surface area contributed by atoms with Crippen LogP contribution in [0.15, 0.2) is 28.7 Å². The molecule has 0 spiro atoms. The monoisotopic (exact) mass is 288 g/mol. The molecule has 1 heterocycles. The van der Waals surface area contributed by atoms with Crippen molar-refractivity contribution >= 4 is 28.5 Å². The summed E-state index contributed by atoms with van der Waals surface area (Å²) in [6, 6.07) is 7.31. The van der Waals surface area contributed by atoms with Crippen LogP contribution in [0.25, 0.3) is 11.0 Å². The molecule has 1 aromatic carbocycles. The highest BCUT2D eigenvalue weighted by molar-refractivity contribution is 6.10. The second-order valence-electron chi connectivity index (χ2n) is 4.68. The normalized spacial score (nSPS) is 10.6. The van der Waals surface area contributed by atoms with Gasteiger partial charge in [0.05, 0.1) is 0 Å². The number of rotatable bonds is 5. The van der Waals surface area contributed by atoms with Crippen LogP contribution < -0.4 is 5.32 Å². The van der Waals surface area contributed by atoms with Gasteiger partial charge in [-0.25, -0.2) is 0 Å². The molecule has 1 N–H and O–H groups in total. The Morgan fingerprint density at radius 3 is 2.43 bits per heavy atom. The molecule has 0 aliphatic heterocycles. The summed E-state index contributed by atoms with van der Waals surface area (Å²) in [6.45, 7) is 6.77. The van der Waals surface area contributed by atoms with Crippen molar-refractivity contribution in [2.75, 3.05) is 18.4 Å². The van der Waals surface area contributed by atoms with Crippen molar-refractivity contribution in [3.63, 3.8) is 0 Å². The first kappa shape index (κ1) is 15.1. The molecule has 5 heteroatoms. The Morgan fingerprint density at radius 1 is 1.14 bits per heavy atom. The molecule has 0 unspecified atom stereocenters. The van der Waals surface area contributed by atoms with E-state index in [0.29, 0.717) is 30.8 Å². The van der Waals surface area contributed by atoms with Gasteiger partial charge in [0.1, 0.15) is 11.3 Å². The van der Waals surface area contributed by atoms with Crippen molar-refractivity contribution in [3.8, 4) is 0 Å². The maximum absolute atomic E-state index is 12.5. The number of benzene rings is 1. The third-order valence-corrected chi connectivity index (χ3v) is 3.43. The first-order valence-corrected chi connectivity index (χ1v) is 7.22. The lowest BCUT2D eigenvalue weighted by Crippen LogP contribution is -2.30. The smallest absolute Gasteiger partial charge is 0.291 e. The first-order chi connectivity index (χ1) is 10.1. The Balaban J connectivity index is 2.53. The van der Waals surface area contributed by atoms with E-state index in [9.17, 15) is 9.59 Å². The number of nitrogens with one attached hydrogen (secondary N) is 1. The fraction of sp³-hybridized carbons (Fsp3) is 0.375. The largest absolute Gasteiger partial charge is 0.449 e. The lowest BCUT2D eigenvalue weighted by atomic mass is 10.2. The van der Waals surface area contributed by atoms with Crippen LogP contribution in [0.2, 0.25) is 0 Å². The Bertz CT molecular complexity index is 657. The molecule has 0 aliphatic carbocycles. The Labute approximate surface area is 123 Å². The van der Waals surface area contributed by atoms with Gasteiger partial charge in [-0.05, 0) is 26.0 Å². The fourth-order valence-electron chi connectivity index (χ4n) is 2.20. The Kier molecular flexibility index (Phi) is 4.62. The molecule has 0 bridgehead atoms. The quantitative estimate of drug-likeness (QED) is 0.918. The van der Waals surface area contributed by atoms with E-state index >= 15 is 0 Å². The van der Waals surface area contributed by atoms with E-state index < -0.39 is 0 Å². The van der Waals surface area contributed by atoms with Crippen LogP contribution in [-0.2, 0) is 4.79 Å². The summed E-state index contributed by atoms with van der Waals surface area (Å²) in [5, 5.41) is 3.53. The fourth-order valence-corrected chi connectivity index (χ4v) is 2.20. The van der Waals surface area contributed by atoms with Gasteiger partial charge in [-0.2, -0.15) is 0 Å². The molecule has 21 heavy (non-hydrogen) atoms. The number of carbonyl (C=O) groups is 2. The number of para-hydroxylation sites is 1. The minimum absolute atomic E-state index is 0.143. The summed E-state index contributed by atoms with van der Waals surface area (Å²) in [5.74, 6) is -0.153. The van der Waals surface area contributed by atoms with Crippen LogP contribution in [0.5, 0.6) is 0 Å². The summed E-state index contributed by atoms with van der Waals surface area (Å²) in [6.07, 6.45) is 0.346. The molecule has 0 atom stereocenters. The van der Waals surface area contributed by atoms with E-state index in [4.69, 9.17) is 4.42 Å². The lowest BCUT2D eigenvalue weighted by molar-refractivity contribution is -0.115. The van der Waals surface area contributed by atoms with Gasteiger partial charge in [0.25, 0.3) is 5.91 Å². The van der Waals surface area contributed by atoms with Gasteiger partial charge in [-0.15, -0.1) is 0 Å². The second-order valence-corrected chi connectivity index (χ2v) is 4.68. The summed E-state index contributed by atoms with van der Waals surface area (Å²) >= 11 is 0. The first-order valence-electron chi connectivity index (χ1n) is 7.22. The predicted molar refractivity (Wildman–Crippen MR) is 82.4 cm³/mol. The third-order valence-electron chi connectivity index (χ3n) is 3.43. The molecular weight excluding hydrogens is 268 g/mol. The van der Waals surface area contributed by atoms with Crippen LogP contribution in [0.1, 0.15) is 37.7 Å². The zero-order valence-electron chi connectivity index (χ0n) is 12.6. The molecule has 2 amide bonds. The molecule has 5 nitrogen and oxygen atoms in total. The SMILES string of the molecule is CCC(=O)Nc1c(C(=O)N(CC)CC)oc2ccccc12. The molecule has 0 saturated carbocycles. The van der Waals surface area contributed by atoms with E-state index in [1.807, 2.05) is 32.0 Å². The van der Waals surface area contributed by atoms with Crippen LogP contribution >= 0.6 is 0 Å². The molecule has 0 aliphatic rings. The standard InChI is InChI=1S/C16H20N2O3/c1-4-13(19)17-14-11-9-7-8-10-12(11)21-15(14)16(20)18(5-2)6-3/h7-10H,4-6H2,1-3H3,(H,17,19). The number of carbonyl (C=O) groups excluding carboxylic acids is 2. The van der Waals surface area contributed by atoms with Crippen LogP contribution in [-0.4, -0.2) is 29.8 Å². The van der Waals surface area contributed by atoms with Gasteiger partial charge < -0.3 is 14.6 Å². The van der Waals surface area contributed by atoms with E-state index in [1.54, 1.807) is 17.9 Å². The van der Waals surface area contributed by atoms with E-state index in [2.05, 4.69) is 5.32 Å². The van der Waals surface area contributed by atoms with Crippen LogP contribution in [0.4, 0.5) is 5.69 Å². The van der Waals surface area contributed by atoms with Crippen LogP contribution in [0.3, 0.4) is 0 Å². The number of anilines is 1. The second kappa shape index (κ2) is 6.43. The molecule has 2 rings (SSSR count). The van der Waals surface area contributed by atoms with E-state index in [-0.39, 0.29) is 17.6 Å². The highest BCUT2D eigenvalue weighted by Crippen LogP contribution is 2.31. The number of amides is 2. The van der Waals surface area contributed by atoms with Gasteiger partial charge >= 0.3 is 0 Å². The topological polar surface area (TPSA) is 62.6 Å². The average molecular weight is 288 g/mol. The van der Waals surface area contributed by atoms with Crippen LogP contribution in [0, 0.1) is 0 Å². The maximum atomic E-state index is 12.5.